The van der Waals surface area contributed by atoms with E-state index >= 15 is 0 Å². The Bertz CT molecular complexity index is 477. The average Bonchev–Trinajstić information content (AvgIpc) is 2.45. The highest BCUT2D eigenvalue weighted by Gasteiger charge is 2.18. The smallest absolute Gasteiger partial charge is 0.271 e. The van der Waals surface area contributed by atoms with Gasteiger partial charge >= 0.3 is 0 Å². The van der Waals surface area contributed by atoms with Crippen LogP contribution in [0.3, 0.4) is 0 Å². The molecule has 102 valence electrons. The van der Waals surface area contributed by atoms with Gasteiger partial charge in [0.1, 0.15) is 10.8 Å². The number of hydrogen-bond acceptors (Lipinski definition) is 5. The number of carbonyl (C=O) groups excluding carboxylic acids is 2. The van der Waals surface area contributed by atoms with Gasteiger partial charge in [0.2, 0.25) is 5.91 Å². The first-order valence-electron chi connectivity index (χ1n) is 5.78. The zero-order valence-corrected chi connectivity index (χ0v) is 10.9. The van der Waals surface area contributed by atoms with E-state index in [9.17, 15) is 9.59 Å². The van der Waals surface area contributed by atoms with Crippen LogP contribution in [0.1, 0.15) is 10.5 Å². The van der Waals surface area contributed by atoms with Gasteiger partial charge in [-0.15, -0.1) is 0 Å². The van der Waals surface area contributed by atoms with Crippen molar-refractivity contribution in [2.24, 2.45) is 0 Å². The van der Waals surface area contributed by atoms with Crippen LogP contribution in [0, 0.1) is 0 Å². The number of aromatic nitrogens is 2. The SMILES string of the molecule is O=C(NCC(=O)N1CCOCC1)c1cncc(Cl)n1. The number of morpholine rings is 1. The second kappa shape index (κ2) is 6.44. The average molecular weight is 285 g/mol. The molecule has 0 bridgehead atoms. The number of nitrogens with one attached hydrogen (secondary N) is 1. The first-order chi connectivity index (χ1) is 9.16. The summed E-state index contributed by atoms with van der Waals surface area (Å²) in [5, 5.41) is 2.62. The van der Waals surface area contributed by atoms with Gasteiger partial charge in [-0.3, -0.25) is 14.6 Å². The van der Waals surface area contributed by atoms with E-state index < -0.39 is 5.91 Å². The predicted octanol–water partition coefficient (Wildman–Crippen LogP) is -0.281. The molecule has 1 saturated heterocycles. The molecule has 0 saturated carbocycles. The quantitative estimate of drug-likeness (QED) is 0.825. The summed E-state index contributed by atoms with van der Waals surface area (Å²) < 4.78 is 5.14. The van der Waals surface area contributed by atoms with Gasteiger partial charge in [-0.25, -0.2) is 4.98 Å². The maximum Gasteiger partial charge on any atom is 0.271 e. The van der Waals surface area contributed by atoms with E-state index in [2.05, 4.69) is 15.3 Å². The van der Waals surface area contributed by atoms with Crippen molar-refractivity contribution in [1.29, 1.82) is 0 Å². The molecule has 1 N–H and O–H groups in total. The lowest BCUT2D eigenvalue weighted by molar-refractivity contribution is -0.134. The van der Waals surface area contributed by atoms with Crippen LogP contribution in [0.25, 0.3) is 0 Å². The molecule has 8 heteroatoms. The van der Waals surface area contributed by atoms with E-state index in [1.807, 2.05) is 0 Å². The number of hydrogen-bond donors (Lipinski definition) is 1. The van der Waals surface area contributed by atoms with Crippen LogP contribution in [0.5, 0.6) is 0 Å². The Morgan fingerprint density at radius 1 is 1.37 bits per heavy atom. The highest BCUT2D eigenvalue weighted by Crippen LogP contribution is 2.02. The fourth-order valence-electron chi connectivity index (χ4n) is 1.62. The number of nitrogens with zero attached hydrogens (tertiary/aromatic N) is 3. The van der Waals surface area contributed by atoms with Gasteiger partial charge in [0.05, 0.1) is 32.2 Å². The monoisotopic (exact) mass is 284 g/mol. The molecule has 2 heterocycles. The van der Waals surface area contributed by atoms with Crippen molar-refractivity contribution in [2.75, 3.05) is 32.8 Å². The van der Waals surface area contributed by atoms with Crippen LogP contribution in [0.2, 0.25) is 5.15 Å². The van der Waals surface area contributed by atoms with E-state index in [4.69, 9.17) is 16.3 Å². The first-order valence-corrected chi connectivity index (χ1v) is 6.16. The van der Waals surface area contributed by atoms with Crippen molar-refractivity contribution in [3.8, 4) is 0 Å². The molecular formula is C11H13ClN4O3. The van der Waals surface area contributed by atoms with Gasteiger partial charge in [-0.05, 0) is 0 Å². The molecule has 19 heavy (non-hydrogen) atoms. The Kier molecular flexibility index (Phi) is 4.64. The third-order valence-corrected chi connectivity index (χ3v) is 2.78. The lowest BCUT2D eigenvalue weighted by Gasteiger charge is -2.26. The minimum Gasteiger partial charge on any atom is -0.378 e. The molecule has 1 aliphatic rings. The number of ether oxygens (including phenoxy) is 1. The summed E-state index contributed by atoms with van der Waals surface area (Å²) in [6.07, 6.45) is 2.62. The highest BCUT2D eigenvalue weighted by molar-refractivity contribution is 6.29. The molecule has 1 aromatic heterocycles. The molecule has 2 amide bonds. The highest BCUT2D eigenvalue weighted by atomic mass is 35.5. The van der Waals surface area contributed by atoms with E-state index in [0.29, 0.717) is 26.3 Å². The van der Waals surface area contributed by atoms with Gasteiger partial charge in [0.25, 0.3) is 5.91 Å². The minimum atomic E-state index is -0.475. The van der Waals surface area contributed by atoms with Gasteiger partial charge in [-0.2, -0.15) is 0 Å². The van der Waals surface area contributed by atoms with Crippen LogP contribution in [0.15, 0.2) is 12.4 Å². The Hall–Kier alpha value is -1.73. The summed E-state index contributed by atoms with van der Waals surface area (Å²) in [7, 11) is 0. The maximum atomic E-state index is 11.8. The first kappa shape index (κ1) is 13.7. The molecule has 1 fully saturated rings. The lowest BCUT2D eigenvalue weighted by atomic mass is 10.3. The molecule has 0 unspecified atom stereocenters. The molecule has 0 spiro atoms. The second-order valence-corrected chi connectivity index (χ2v) is 4.29. The zero-order chi connectivity index (χ0) is 13.7. The van der Waals surface area contributed by atoms with Crippen molar-refractivity contribution >= 4 is 23.4 Å². The van der Waals surface area contributed by atoms with Crippen molar-refractivity contribution in [2.45, 2.75) is 0 Å². The van der Waals surface area contributed by atoms with Crippen molar-refractivity contribution in [3.05, 3.63) is 23.2 Å². The Labute approximate surface area is 114 Å². The third-order valence-electron chi connectivity index (χ3n) is 2.60. The molecule has 1 aliphatic heterocycles. The molecular weight excluding hydrogens is 272 g/mol. The van der Waals surface area contributed by atoms with Crippen LogP contribution >= 0.6 is 11.6 Å². The number of rotatable bonds is 3. The van der Waals surface area contributed by atoms with Crippen LogP contribution in [-0.2, 0) is 9.53 Å². The van der Waals surface area contributed by atoms with Crippen molar-refractivity contribution in [3.63, 3.8) is 0 Å². The van der Waals surface area contributed by atoms with Gasteiger partial charge < -0.3 is 15.0 Å². The minimum absolute atomic E-state index is 0.0764. The Balaban J connectivity index is 1.84. The second-order valence-electron chi connectivity index (χ2n) is 3.90. The summed E-state index contributed by atoms with van der Waals surface area (Å²) in [4.78, 5) is 32.7. The molecule has 7 nitrogen and oxygen atoms in total. The van der Waals surface area contributed by atoms with Crippen molar-refractivity contribution in [1.82, 2.24) is 20.2 Å². The fourth-order valence-corrected chi connectivity index (χ4v) is 1.77. The standard InChI is InChI=1S/C11H13ClN4O3/c12-9-6-13-5-8(15-9)11(18)14-7-10(17)16-1-3-19-4-2-16/h5-6H,1-4,7H2,(H,14,18). The molecule has 2 rings (SSSR count). The topological polar surface area (TPSA) is 84.4 Å². The molecule has 0 radical (unpaired) electrons. The molecule has 0 atom stereocenters. The molecule has 0 aromatic carbocycles. The molecule has 1 aromatic rings. The van der Waals surface area contributed by atoms with E-state index in [1.165, 1.54) is 12.4 Å². The number of amides is 2. The normalized spacial score (nSPS) is 15.1. The van der Waals surface area contributed by atoms with Crippen LogP contribution in [-0.4, -0.2) is 59.5 Å². The summed E-state index contributed by atoms with van der Waals surface area (Å²) in [6, 6.07) is 0. The summed E-state index contributed by atoms with van der Waals surface area (Å²) >= 11 is 5.63. The Morgan fingerprint density at radius 3 is 2.79 bits per heavy atom. The largest absolute Gasteiger partial charge is 0.378 e. The number of carbonyl (C=O) groups is 2. The predicted molar refractivity (Wildman–Crippen MR) is 66.8 cm³/mol. The van der Waals surface area contributed by atoms with Gasteiger partial charge in [0, 0.05) is 13.1 Å². The van der Waals surface area contributed by atoms with Crippen LogP contribution in [0.4, 0.5) is 0 Å². The van der Waals surface area contributed by atoms with Crippen LogP contribution < -0.4 is 5.32 Å². The maximum absolute atomic E-state index is 11.8. The molecule has 0 aliphatic carbocycles. The summed E-state index contributed by atoms with van der Waals surface area (Å²) in [5.41, 5.74) is 0.0854. The number of halogens is 1. The summed E-state index contributed by atoms with van der Waals surface area (Å²) in [6.45, 7) is 2.07. The summed E-state index contributed by atoms with van der Waals surface area (Å²) in [5.74, 6) is -0.622. The van der Waals surface area contributed by atoms with Gasteiger partial charge in [0.15, 0.2) is 0 Å². The van der Waals surface area contributed by atoms with E-state index in [-0.39, 0.29) is 23.3 Å². The van der Waals surface area contributed by atoms with Gasteiger partial charge in [-0.1, -0.05) is 11.6 Å². The Morgan fingerprint density at radius 2 is 2.11 bits per heavy atom. The lowest BCUT2D eigenvalue weighted by Crippen LogP contribution is -2.45. The zero-order valence-electron chi connectivity index (χ0n) is 10.1. The fraction of sp³-hybridized carbons (Fsp3) is 0.455. The third kappa shape index (κ3) is 3.87. The van der Waals surface area contributed by atoms with E-state index in [1.54, 1.807) is 4.90 Å². The van der Waals surface area contributed by atoms with E-state index in [0.717, 1.165) is 0 Å². The van der Waals surface area contributed by atoms with Crippen molar-refractivity contribution < 1.29 is 14.3 Å².